The molecule has 4 heterocycles. The molecule has 1 aromatic carbocycles. The summed E-state index contributed by atoms with van der Waals surface area (Å²) in [6.45, 7) is 4.14. The topological polar surface area (TPSA) is 82.8 Å². The van der Waals surface area contributed by atoms with Crippen molar-refractivity contribution in [2.45, 2.75) is 38.7 Å². The van der Waals surface area contributed by atoms with Crippen LogP contribution in [0.4, 0.5) is 8.78 Å². The Morgan fingerprint density at radius 3 is 2.59 bits per heavy atom. The molecule has 5 rings (SSSR count). The molecule has 7 nitrogen and oxygen atoms in total. The van der Waals surface area contributed by atoms with Crippen LogP contribution in [0.3, 0.4) is 0 Å². The molecule has 0 aliphatic carbocycles. The van der Waals surface area contributed by atoms with Crippen molar-refractivity contribution < 1.29 is 13.5 Å². The highest BCUT2D eigenvalue weighted by molar-refractivity contribution is 5.87. The second kappa shape index (κ2) is 8.64. The minimum absolute atomic E-state index is 0.0777. The Labute approximate surface area is 194 Å². The first-order valence-electron chi connectivity index (χ1n) is 11.1. The van der Waals surface area contributed by atoms with Gasteiger partial charge in [0.25, 0.3) is 0 Å². The Morgan fingerprint density at radius 1 is 1.03 bits per heavy atom. The summed E-state index contributed by atoms with van der Waals surface area (Å²) < 4.78 is 35.9. The molecule has 0 spiro atoms. The van der Waals surface area contributed by atoms with Crippen LogP contribution in [0.15, 0.2) is 41.3 Å². The van der Waals surface area contributed by atoms with Crippen LogP contribution in [0.5, 0.6) is 0 Å². The van der Waals surface area contributed by atoms with Crippen LogP contribution in [0.25, 0.3) is 22.4 Å². The number of aromatic nitrogens is 5. The SMILES string of the molecule is Cc1nc2nc([C@@H]3CCO[C@@H](c4ccc(=O)n(C)c4)C3)nc(-c3ccc(F)cc3F)c2nc1C. The molecule has 0 bridgehead atoms. The van der Waals surface area contributed by atoms with E-state index in [1.54, 1.807) is 19.3 Å². The summed E-state index contributed by atoms with van der Waals surface area (Å²) in [5.41, 5.74) is 3.39. The predicted octanol–water partition coefficient (Wildman–Crippen LogP) is 4.32. The molecule has 1 saturated heterocycles. The highest BCUT2D eigenvalue weighted by Crippen LogP contribution is 2.37. The fourth-order valence-corrected chi connectivity index (χ4v) is 4.25. The van der Waals surface area contributed by atoms with E-state index in [-0.39, 0.29) is 23.1 Å². The van der Waals surface area contributed by atoms with E-state index in [2.05, 4.69) is 9.97 Å². The van der Waals surface area contributed by atoms with E-state index in [0.717, 1.165) is 17.3 Å². The number of nitrogens with zero attached hydrogens (tertiary/aromatic N) is 5. The first-order valence-corrected chi connectivity index (χ1v) is 11.1. The molecular weight excluding hydrogens is 440 g/mol. The van der Waals surface area contributed by atoms with E-state index in [9.17, 15) is 13.6 Å². The van der Waals surface area contributed by atoms with Crippen LogP contribution in [0, 0.1) is 25.5 Å². The minimum Gasteiger partial charge on any atom is -0.373 e. The van der Waals surface area contributed by atoms with E-state index in [1.807, 2.05) is 13.8 Å². The molecule has 4 aromatic rings. The standard InChI is InChI=1S/C25H23F2N5O2/c1-13-14(2)29-25-23(28-13)22(18-6-5-17(26)11-19(18)27)30-24(31-25)15-8-9-34-20(10-15)16-4-7-21(33)32(3)12-16/h4-7,11-12,15,20H,8-10H2,1-3H3/t15-,20-/m1/s1. The van der Waals surface area contributed by atoms with Gasteiger partial charge in [-0.25, -0.2) is 28.7 Å². The number of hydrogen-bond donors (Lipinski definition) is 0. The van der Waals surface area contributed by atoms with Crippen molar-refractivity contribution in [3.05, 3.63) is 81.3 Å². The molecule has 34 heavy (non-hydrogen) atoms. The molecule has 174 valence electrons. The zero-order chi connectivity index (χ0) is 24.0. The predicted molar refractivity (Wildman–Crippen MR) is 122 cm³/mol. The lowest BCUT2D eigenvalue weighted by Crippen LogP contribution is -2.23. The number of aryl methyl sites for hydroxylation is 3. The van der Waals surface area contributed by atoms with Gasteiger partial charge in [0, 0.05) is 43.5 Å². The molecule has 1 aliphatic heterocycles. The first-order chi connectivity index (χ1) is 16.3. The molecule has 2 atom stereocenters. The Hall–Kier alpha value is -3.59. The van der Waals surface area contributed by atoms with Gasteiger partial charge in [0.2, 0.25) is 5.56 Å². The Bertz CT molecular complexity index is 1470. The summed E-state index contributed by atoms with van der Waals surface area (Å²) in [5, 5.41) is 0. The van der Waals surface area contributed by atoms with Crippen LogP contribution in [-0.2, 0) is 11.8 Å². The summed E-state index contributed by atoms with van der Waals surface area (Å²) in [7, 11) is 1.70. The minimum atomic E-state index is -0.721. The van der Waals surface area contributed by atoms with Gasteiger partial charge in [0.05, 0.1) is 17.5 Å². The number of halogens is 2. The summed E-state index contributed by atoms with van der Waals surface area (Å²) >= 11 is 0. The van der Waals surface area contributed by atoms with Crippen LogP contribution in [0.2, 0.25) is 0 Å². The highest BCUT2D eigenvalue weighted by atomic mass is 19.1. The maximum atomic E-state index is 14.8. The van der Waals surface area contributed by atoms with E-state index in [0.29, 0.717) is 47.8 Å². The summed E-state index contributed by atoms with van der Waals surface area (Å²) in [6, 6.07) is 6.69. The summed E-state index contributed by atoms with van der Waals surface area (Å²) in [4.78, 5) is 30.4. The van der Waals surface area contributed by atoms with Crippen molar-refractivity contribution >= 4 is 11.2 Å². The van der Waals surface area contributed by atoms with Crippen molar-refractivity contribution in [2.24, 2.45) is 7.05 Å². The second-order valence-electron chi connectivity index (χ2n) is 8.61. The van der Waals surface area contributed by atoms with E-state index in [1.165, 1.54) is 22.8 Å². The number of rotatable bonds is 3. The summed E-state index contributed by atoms with van der Waals surface area (Å²) in [5.74, 6) is -0.948. The van der Waals surface area contributed by atoms with Gasteiger partial charge in [-0.3, -0.25) is 4.79 Å². The van der Waals surface area contributed by atoms with Gasteiger partial charge in [0.1, 0.15) is 28.7 Å². The van der Waals surface area contributed by atoms with Gasteiger partial charge in [0.15, 0.2) is 5.65 Å². The molecule has 1 aliphatic rings. The lowest BCUT2D eigenvalue weighted by atomic mass is 9.91. The van der Waals surface area contributed by atoms with E-state index < -0.39 is 11.6 Å². The maximum absolute atomic E-state index is 14.8. The summed E-state index contributed by atoms with van der Waals surface area (Å²) in [6.07, 6.45) is 2.81. The number of fused-ring (bicyclic) bond motifs is 1. The molecule has 0 saturated carbocycles. The van der Waals surface area contributed by atoms with Gasteiger partial charge in [-0.1, -0.05) is 0 Å². The number of pyridine rings is 1. The maximum Gasteiger partial charge on any atom is 0.250 e. The van der Waals surface area contributed by atoms with Crippen molar-refractivity contribution in [2.75, 3.05) is 6.61 Å². The van der Waals surface area contributed by atoms with Crippen LogP contribution in [0.1, 0.15) is 47.6 Å². The van der Waals surface area contributed by atoms with Crippen LogP contribution in [-0.4, -0.2) is 31.1 Å². The third kappa shape index (κ3) is 4.07. The zero-order valence-corrected chi connectivity index (χ0v) is 19.0. The molecule has 0 N–H and O–H groups in total. The first kappa shape index (κ1) is 22.2. The Balaban J connectivity index is 1.61. The largest absolute Gasteiger partial charge is 0.373 e. The van der Waals surface area contributed by atoms with Crippen molar-refractivity contribution in [1.29, 1.82) is 0 Å². The van der Waals surface area contributed by atoms with Crippen LogP contribution < -0.4 is 5.56 Å². The quantitative estimate of drug-likeness (QED) is 0.450. The highest BCUT2D eigenvalue weighted by Gasteiger charge is 2.29. The molecule has 3 aromatic heterocycles. The smallest absolute Gasteiger partial charge is 0.250 e. The van der Waals surface area contributed by atoms with Crippen molar-refractivity contribution in [1.82, 2.24) is 24.5 Å². The van der Waals surface area contributed by atoms with Crippen molar-refractivity contribution in [3.8, 4) is 11.3 Å². The van der Waals surface area contributed by atoms with Gasteiger partial charge < -0.3 is 9.30 Å². The molecule has 0 unspecified atom stereocenters. The normalized spacial score (nSPS) is 18.4. The molecule has 0 amide bonds. The van der Waals surface area contributed by atoms with E-state index >= 15 is 0 Å². The average molecular weight is 463 g/mol. The van der Waals surface area contributed by atoms with Crippen LogP contribution >= 0.6 is 0 Å². The molecule has 0 radical (unpaired) electrons. The number of hydrogen-bond acceptors (Lipinski definition) is 6. The number of benzene rings is 1. The fourth-order valence-electron chi connectivity index (χ4n) is 4.25. The Kier molecular flexibility index (Phi) is 5.65. The Morgan fingerprint density at radius 2 is 1.82 bits per heavy atom. The van der Waals surface area contributed by atoms with E-state index in [4.69, 9.17) is 14.7 Å². The molecule has 9 heteroatoms. The van der Waals surface area contributed by atoms with Gasteiger partial charge in [-0.2, -0.15) is 0 Å². The lowest BCUT2D eigenvalue weighted by Gasteiger charge is -2.29. The lowest BCUT2D eigenvalue weighted by molar-refractivity contribution is 0.00364. The second-order valence-corrected chi connectivity index (χ2v) is 8.61. The fraction of sp³-hybridized carbons (Fsp3) is 0.320. The van der Waals surface area contributed by atoms with Gasteiger partial charge in [-0.15, -0.1) is 0 Å². The third-order valence-corrected chi connectivity index (χ3v) is 6.28. The molecular formula is C25H23F2N5O2. The van der Waals surface area contributed by atoms with Crippen molar-refractivity contribution in [3.63, 3.8) is 0 Å². The number of ether oxygens (including phenoxy) is 1. The molecule has 1 fully saturated rings. The van der Waals surface area contributed by atoms with Gasteiger partial charge >= 0.3 is 0 Å². The third-order valence-electron chi connectivity index (χ3n) is 6.28. The zero-order valence-electron chi connectivity index (χ0n) is 19.0. The monoisotopic (exact) mass is 463 g/mol. The van der Waals surface area contributed by atoms with Gasteiger partial charge in [-0.05, 0) is 50.5 Å². The average Bonchev–Trinajstić information content (AvgIpc) is 2.81.